The fourth-order valence-corrected chi connectivity index (χ4v) is 1.31. The second kappa shape index (κ2) is 4.70. The molecule has 3 nitrogen and oxygen atoms in total. The maximum absolute atomic E-state index is 9.13. The first-order chi connectivity index (χ1) is 5.33. The molecule has 0 spiro atoms. The van der Waals surface area contributed by atoms with Gasteiger partial charge in [0.15, 0.2) is 0 Å². The minimum absolute atomic E-state index is 0.258. The summed E-state index contributed by atoms with van der Waals surface area (Å²) in [4.78, 5) is 0. The van der Waals surface area contributed by atoms with Crippen LogP contribution in [0, 0.1) is 0 Å². The number of hydrogen-bond acceptors (Lipinski definition) is 3. The van der Waals surface area contributed by atoms with E-state index in [0.717, 1.165) is 6.42 Å². The van der Waals surface area contributed by atoms with Gasteiger partial charge in [-0.25, -0.2) is 0 Å². The maximum Gasteiger partial charge on any atom is 0.0725 e. The van der Waals surface area contributed by atoms with Gasteiger partial charge in [0.05, 0.1) is 19.3 Å². The van der Waals surface area contributed by atoms with E-state index in [2.05, 4.69) is 6.92 Å². The summed E-state index contributed by atoms with van der Waals surface area (Å²) >= 11 is 0. The molecule has 1 N–H and O–H groups in total. The van der Waals surface area contributed by atoms with Crippen LogP contribution in [-0.2, 0) is 4.74 Å². The van der Waals surface area contributed by atoms with Crippen LogP contribution < -0.4 is 0 Å². The molecular formula is C8H17NO2. The molecule has 0 bridgehead atoms. The first kappa shape index (κ1) is 8.97. The zero-order valence-electron chi connectivity index (χ0n) is 7.12. The van der Waals surface area contributed by atoms with Gasteiger partial charge in [0.25, 0.3) is 0 Å². The van der Waals surface area contributed by atoms with E-state index in [1.807, 2.05) is 0 Å². The van der Waals surface area contributed by atoms with Crippen LogP contribution >= 0.6 is 0 Å². The zero-order chi connectivity index (χ0) is 8.10. The average molecular weight is 159 g/mol. The van der Waals surface area contributed by atoms with Gasteiger partial charge in [0.2, 0.25) is 0 Å². The molecule has 0 aliphatic carbocycles. The summed E-state index contributed by atoms with van der Waals surface area (Å²) in [6, 6.07) is 0. The van der Waals surface area contributed by atoms with Crippen molar-refractivity contribution >= 4 is 0 Å². The van der Waals surface area contributed by atoms with Crippen molar-refractivity contribution in [1.29, 1.82) is 0 Å². The van der Waals surface area contributed by atoms with Crippen molar-refractivity contribution in [2.75, 3.05) is 19.7 Å². The molecule has 0 amide bonds. The van der Waals surface area contributed by atoms with Gasteiger partial charge in [-0.3, -0.25) is 0 Å². The summed E-state index contributed by atoms with van der Waals surface area (Å²) < 4.78 is 5.45. The van der Waals surface area contributed by atoms with Gasteiger partial charge < -0.3 is 9.94 Å². The summed E-state index contributed by atoms with van der Waals surface area (Å²) in [5, 5.41) is 10.5. The summed E-state index contributed by atoms with van der Waals surface area (Å²) in [6.45, 7) is 4.17. The molecule has 0 aromatic heterocycles. The van der Waals surface area contributed by atoms with Gasteiger partial charge >= 0.3 is 0 Å². The molecule has 0 saturated carbocycles. The van der Waals surface area contributed by atoms with E-state index < -0.39 is 0 Å². The number of unbranched alkanes of at least 4 members (excludes halogenated alkanes) is 1. The summed E-state index contributed by atoms with van der Waals surface area (Å²) in [6.07, 6.45) is 3.73. The van der Waals surface area contributed by atoms with Crippen LogP contribution in [0.3, 0.4) is 0 Å². The van der Waals surface area contributed by atoms with Gasteiger partial charge in [0.1, 0.15) is 0 Å². The third kappa shape index (κ3) is 3.18. The quantitative estimate of drug-likeness (QED) is 0.673. The molecule has 1 heterocycles. The number of rotatable bonds is 3. The lowest BCUT2D eigenvalue weighted by Gasteiger charge is -2.28. The normalized spacial score (nSPS) is 27.3. The molecule has 0 aromatic carbocycles. The zero-order valence-corrected chi connectivity index (χ0v) is 7.12. The standard InChI is InChI=1S/C8H17NO2/c1-2-3-4-8-7-9(10)5-6-11-8/h8,10H,2-7H2,1H3. The van der Waals surface area contributed by atoms with Crippen LogP contribution in [0.5, 0.6) is 0 Å². The number of nitrogens with zero attached hydrogens (tertiary/aromatic N) is 1. The Balaban J connectivity index is 2.12. The van der Waals surface area contributed by atoms with Crippen molar-refractivity contribution in [2.24, 2.45) is 0 Å². The largest absolute Gasteiger partial charge is 0.375 e. The van der Waals surface area contributed by atoms with E-state index in [1.54, 1.807) is 0 Å². The third-order valence-corrected chi connectivity index (χ3v) is 2.00. The minimum atomic E-state index is 0.258. The Hall–Kier alpha value is -0.120. The molecule has 1 saturated heterocycles. The summed E-state index contributed by atoms with van der Waals surface area (Å²) in [7, 11) is 0. The first-order valence-corrected chi connectivity index (χ1v) is 4.38. The first-order valence-electron chi connectivity index (χ1n) is 4.38. The molecule has 1 aliphatic heterocycles. The highest BCUT2D eigenvalue weighted by molar-refractivity contribution is 4.65. The average Bonchev–Trinajstić information content (AvgIpc) is 2.01. The third-order valence-electron chi connectivity index (χ3n) is 2.00. The smallest absolute Gasteiger partial charge is 0.0725 e. The lowest BCUT2D eigenvalue weighted by atomic mass is 10.1. The van der Waals surface area contributed by atoms with E-state index in [-0.39, 0.29) is 6.10 Å². The SMILES string of the molecule is CCCCC1CN(O)CCO1. The number of morpholine rings is 1. The predicted molar refractivity (Wildman–Crippen MR) is 42.6 cm³/mol. The molecule has 0 radical (unpaired) electrons. The fraction of sp³-hybridized carbons (Fsp3) is 1.00. The highest BCUT2D eigenvalue weighted by Gasteiger charge is 2.17. The maximum atomic E-state index is 9.13. The van der Waals surface area contributed by atoms with Crippen molar-refractivity contribution in [1.82, 2.24) is 5.06 Å². The minimum Gasteiger partial charge on any atom is -0.375 e. The van der Waals surface area contributed by atoms with Crippen molar-refractivity contribution in [3.8, 4) is 0 Å². The van der Waals surface area contributed by atoms with Crippen molar-refractivity contribution < 1.29 is 9.94 Å². The Morgan fingerprint density at radius 2 is 2.45 bits per heavy atom. The van der Waals surface area contributed by atoms with Crippen LogP contribution in [0.2, 0.25) is 0 Å². The topological polar surface area (TPSA) is 32.7 Å². The van der Waals surface area contributed by atoms with Gasteiger partial charge in [-0.15, -0.1) is 0 Å². The fourth-order valence-electron chi connectivity index (χ4n) is 1.31. The number of hydroxylamine groups is 2. The van der Waals surface area contributed by atoms with E-state index in [1.165, 1.54) is 17.9 Å². The molecule has 1 rings (SSSR count). The highest BCUT2D eigenvalue weighted by atomic mass is 16.5. The van der Waals surface area contributed by atoms with E-state index in [0.29, 0.717) is 19.7 Å². The van der Waals surface area contributed by atoms with Crippen LogP contribution in [-0.4, -0.2) is 36.1 Å². The van der Waals surface area contributed by atoms with E-state index in [9.17, 15) is 0 Å². The Kier molecular flexibility index (Phi) is 3.83. The highest BCUT2D eigenvalue weighted by Crippen LogP contribution is 2.09. The molecule has 1 aliphatic rings. The van der Waals surface area contributed by atoms with Gasteiger partial charge in [-0.05, 0) is 6.42 Å². The molecule has 66 valence electrons. The Bertz CT molecular complexity index is 108. The molecule has 1 atom stereocenters. The molecule has 1 fully saturated rings. The van der Waals surface area contributed by atoms with Crippen molar-refractivity contribution in [3.63, 3.8) is 0 Å². The summed E-state index contributed by atoms with van der Waals surface area (Å²) in [5.41, 5.74) is 0. The van der Waals surface area contributed by atoms with Gasteiger partial charge in [0, 0.05) is 6.54 Å². The van der Waals surface area contributed by atoms with Crippen LogP contribution in [0.1, 0.15) is 26.2 Å². The lowest BCUT2D eigenvalue weighted by Crippen LogP contribution is -2.40. The lowest BCUT2D eigenvalue weighted by molar-refractivity contribution is -0.170. The Labute approximate surface area is 67.9 Å². The van der Waals surface area contributed by atoms with E-state index in [4.69, 9.17) is 9.94 Å². The Morgan fingerprint density at radius 1 is 1.64 bits per heavy atom. The predicted octanol–water partition coefficient (Wildman–Crippen LogP) is 1.27. The monoisotopic (exact) mass is 159 g/mol. The molecular weight excluding hydrogens is 142 g/mol. The van der Waals surface area contributed by atoms with Crippen molar-refractivity contribution in [3.05, 3.63) is 0 Å². The second-order valence-corrected chi connectivity index (χ2v) is 3.05. The van der Waals surface area contributed by atoms with Crippen LogP contribution in [0.25, 0.3) is 0 Å². The Morgan fingerprint density at radius 3 is 3.09 bits per heavy atom. The second-order valence-electron chi connectivity index (χ2n) is 3.05. The molecule has 3 heteroatoms. The van der Waals surface area contributed by atoms with Crippen LogP contribution in [0.4, 0.5) is 0 Å². The van der Waals surface area contributed by atoms with Gasteiger partial charge in [-0.2, -0.15) is 5.06 Å². The van der Waals surface area contributed by atoms with Crippen molar-refractivity contribution in [2.45, 2.75) is 32.3 Å². The number of hydrogen-bond donors (Lipinski definition) is 1. The van der Waals surface area contributed by atoms with Gasteiger partial charge in [-0.1, -0.05) is 19.8 Å². The molecule has 1 unspecified atom stereocenters. The van der Waals surface area contributed by atoms with E-state index >= 15 is 0 Å². The number of ether oxygens (including phenoxy) is 1. The molecule has 0 aromatic rings. The summed E-state index contributed by atoms with van der Waals surface area (Å²) in [5.74, 6) is 0. The molecule has 11 heavy (non-hydrogen) atoms. The van der Waals surface area contributed by atoms with Crippen LogP contribution in [0.15, 0.2) is 0 Å².